The Morgan fingerprint density at radius 1 is 1.35 bits per heavy atom. The predicted octanol–water partition coefficient (Wildman–Crippen LogP) is 3.01. The maximum absolute atomic E-state index is 12.3. The Labute approximate surface area is 139 Å². The van der Waals surface area contributed by atoms with E-state index in [1.165, 1.54) is 0 Å². The average molecular weight is 336 g/mol. The lowest BCUT2D eigenvalue weighted by atomic mass is 10.1. The molecule has 122 valence electrons. The van der Waals surface area contributed by atoms with Gasteiger partial charge in [0.25, 0.3) is 0 Å². The number of fused-ring (bicyclic) bond motifs is 1. The molecule has 3 rings (SSSR count). The summed E-state index contributed by atoms with van der Waals surface area (Å²) in [5, 5.41) is 8.81. The lowest BCUT2D eigenvalue weighted by molar-refractivity contribution is 0.00525. The van der Waals surface area contributed by atoms with E-state index in [1.807, 2.05) is 45.0 Å². The number of ether oxygens (including phenoxy) is 2. The number of benzene rings is 1. The molecule has 0 saturated heterocycles. The summed E-state index contributed by atoms with van der Waals surface area (Å²) >= 11 is 5.93. The van der Waals surface area contributed by atoms with Crippen molar-refractivity contribution in [1.82, 2.24) is 15.0 Å². The summed E-state index contributed by atoms with van der Waals surface area (Å²) in [6.07, 6.45) is 0. The molecule has 0 fully saturated rings. The third-order valence-corrected chi connectivity index (χ3v) is 3.70. The zero-order valence-electron chi connectivity index (χ0n) is 13.2. The molecule has 1 aromatic carbocycles. The number of halogens is 1. The van der Waals surface area contributed by atoms with Gasteiger partial charge in [0.05, 0.1) is 13.2 Å². The van der Waals surface area contributed by atoms with Gasteiger partial charge >= 0.3 is 5.97 Å². The number of esters is 1. The highest BCUT2D eigenvalue weighted by molar-refractivity contribution is 6.30. The highest BCUT2D eigenvalue weighted by Crippen LogP contribution is 2.27. The first-order valence-corrected chi connectivity index (χ1v) is 7.73. The van der Waals surface area contributed by atoms with Crippen molar-refractivity contribution in [3.05, 3.63) is 46.2 Å². The van der Waals surface area contributed by atoms with E-state index in [0.717, 1.165) is 5.56 Å². The summed E-state index contributed by atoms with van der Waals surface area (Å²) in [7, 11) is 0. The second-order valence-electron chi connectivity index (χ2n) is 6.41. The predicted molar refractivity (Wildman–Crippen MR) is 84.4 cm³/mol. The Hall–Kier alpha value is -1.92. The fourth-order valence-corrected chi connectivity index (χ4v) is 2.57. The van der Waals surface area contributed by atoms with Crippen LogP contribution in [0.4, 0.5) is 0 Å². The van der Waals surface area contributed by atoms with E-state index in [2.05, 4.69) is 10.3 Å². The first-order valence-electron chi connectivity index (χ1n) is 7.36. The Morgan fingerprint density at radius 2 is 2.04 bits per heavy atom. The minimum Gasteiger partial charge on any atom is -0.455 e. The van der Waals surface area contributed by atoms with Gasteiger partial charge in [-0.1, -0.05) is 28.9 Å². The lowest BCUT2D eigenvalue weighted by Crippen LogP contribution is -2.28. The summed E-state index contributed by atoms with van der Waals surface area (Å²) in [6, 6.07) is 7.33. The highest BCUT2D eigenvalue weighted by Gasteiger charge is 2.31. The van der Waals surface area contributed by atoms with Crippen molar-refractivity contribution in [2.24, 2.45) is 0 Å². The third-order valence-electron chi connectivity index (χ3n) is 3.45. The van der Waals surface area contributed by atoms with Gasteiger partial charge in [-0.25, -0.2) is 9.48 Å². The molecule has 1 aliphatic heterocycles. The van der Waals surface area contributed by atoms with Crippen LogP contribution in [0, 0.1) is 0 Å². The van der Waals surface area contributed by atoms with Crippen molar-refractivity contribution < 1.29 is 14.3 Å². The molecule has 1 unspecified atom stereocenters. The minimum absolute atomic E-state index is 0.139. The van der Waals surface area contributed by atoms with Crippen LogP contribution in [-0.4, -0.2) is 33.2 Å². The van der Waals surface area contributed by atoms with E-state index < -0.39 is 11.6 Å². The second-order valence-corrected chi connectivity index (χ2v) is 6.85. The van der Waals surface area contributed by atoms with Gasteiger partial charge in [-0.2, -0.15) is 0 Å². The maximum atomic E-state index is 12.3. The van der Waals surface area contributed by atoms with Crippen molar-refractivity contribution >= 4 is 17.6 Å². The van der Waals surface area contributed by atoms with Gasteiger partial charge in [-0.3, -0.25) is 0 Å². The van der Waals surface area contributed by atoms with E-state index in [4.69, 9.17) is 21.1 Å². The minimum atomic E-state index is -0.585. The summed E-state index contributed by atoms with van der Waals surface area (Å²) < 4.78 is 12.7. The number of carbonyl (C=O) groups excluding carboxylic acids is 1. The molecular weight excluding hydrogens is 318 g/mol. The van der Waals surface area contributed by atoms with Crippen LogP contribution in [0.25, 0.3) is 0 Å². The fourth-order valence-electron chi connectivity index (χ4n) is 2.44. The van der Waals surface area contributed by atoms with Gasteiger partial charge in [0.1, 0.15) is 17.3 Å². The van der Waals surface area contributed by atoms with Gasteiger partial charge in [0.15, 0.2) is 5.69 Å². The standard InChI is InChI=1S/C16H18ClN3O3/c1-16(2,3)23-15(21)14-13-9-22-8-12(20(13)19-18-14)10-4-6-11(17)7-5-10/h4-7,12H,8-9H2,1-3H3. The normalized spacial score (nSPS) is 17.7. The Balaban J connectivity index is 1.92. The van der Waals surface area contributed by atoms with Crippen molar-refractivity contribution in [1.29, 1.82) is 0 Å². The Morgan fingerprint density at radius 3 is 2.70 bits per heavy atom. The molecule has 6 nitrogen and oxygen atoms in total. The number of hydrogen-bond acceptors (Lipinski definition) is 5. The van der Waals surface area contributed by atoms with Gasteiger partial charge in [0, 0.05) is 5.02 Å². The second kappa shape index (κ2) is 5.94. The zero-order valence-corrected chi connectivity index (χ0v) is 14.0. The number of nitrogens with zero attached hydrogens (tertiary/aromatic N) is 3. The van der Waals surface area contributed by atoms with E-state index in [-0.39, 0.29) is 18.3 Å². The molecule has 0 amide bonds. The van der Waals surface area contributed by atoms with Gasteiger partial charge < -0.3 is 9.47 Å². The Kier molecular flexibility index (Phi) is 4.12. The number of hydrogen-bond donors (Lipinski definition) is 0. The molecule has 2 aromatic rings. The number of rotatable bonds is 2. The van der Waals surface area contributed by atoms with Gasteiger partial charge in [0.2, 0.25) is 0 Å². The summed E-state index contributed by atoms with van der Waals surface area (Å²) in [5.74, 6) is -0.487. The lowest BCUT2D eigenvalue weighted by Gasteiger charge is -2.25. The SMILES string of the molecule is CC(C)(C)OC(=O)c1nnn2c1COCC2c1ccc(Cl)cc1. The van der Waals surface area contributed by atoms with E-state index in [0.29, 0.717) is 17.3 Å². The average Bonchev–Trinajstić information content (AvgIpc) is 2.90. The highest BCUT2D eigenvalue weighted by atomic mass is 35.5. The van der Waals surface area contributed by atoms with Crippen molar-refractivity contribution in [2.75, 3.05) is 6.61 Å². The first kappa shape index (κ1) is 16.0. The summed E-state index contributed by atoms with van der Waals surface area (Å²) in [5.41, 5.74) is 1.25. The summed E-state index contributed by atoms with van der Waals surface area (Å²) in [4.78, 5) is 12.3. The molecule has 0 aliphatic carbocycles. The third kappa shape index (κ3) is 3.38. The van der Waals surface area contributed by atoms with Gasteiger partial charge in [-0.05, 0) is 38.5 Å². The molecule has 0 N–H and O–H groups in total. The van der Waals surface area contributed by atoms with Gasteiger partial charge in [-0.15, -0.1) is 5.10 Å². The van der Waals surface area contributed by atoms with Crippen LogP contribution in [0.3, 0.4) is 0 Å². The fraction of sp³-hybridized carbons (Fsp3) is 0.438. The molecule has 2 heterocycles. The zero-order chi connectivity index (χ0) is 16.6. The molecule has 1 aromatic heterocycles. The molecule has 1 atom stereocenters. The van der Waals surface area contributed by atoms with Crippen LogP contribution < -0.4 is 0 Å². The molecule has 0 spiro atoms. The van der Waals surface area contributed by atoms with Crippen LogP contribution in [-0.2, 0) is 16.1 Å². The van der Waals surface area contributed by atoms with Crippen LogP contribution in [0.2, 0.25) is 5.02 Å². The number of aromatic nitrogens is 3. The van der Waals surface area contributed by atoms with E-state index >= 15 is 0 Å². The molecule has 0 radical (unpaired) electrons. The van der Waals surface area contributed by atoms with E-state index in [1.54, 1.807) is 4.68 Å². The smallest absolute Gasteiger partial charge is 0.361 e. The molecule has 1 aliphatic rings. The van der Waals surface area contributed by atoms with Crippen molar-refractivity contribution in [3.63, 3.8) is 0 Å². The molecular formula is C16H18ClN3O3. The van der Waals surface area contributed by atoms with Crippen LogP contribution in [0.5, 0.6) is 0 Å². The Bertz CT molecular complexity index is 719. The van der Waals surface area contributed by atoms with Crippen molar-refractivity contribution in [2.45, 2.75) is 39.0 Å². The molecule has 0 saturated carbocycles. The monoisotopic (exact) mass is 335 g/mol. The maximum Gasteiger partial charge on any atom is 0.361 e. The molecule has 23 heavy (non-hydrogen) atoms. The van der Waals surface area contributed by atoms with Crippen LogP contribution in [0.1, 0.15) is 48.6 Å². The number of carbonyl (C=O) groups is 1. The quantitative estimate of drug-likeness (QED) is 0.789. The first-order chi connectivity index (χ1) is 10.8. The largest absolute Gasteiger partial charge is 0.455 e. The topological polar surface area (TPSA) is 66.2 Å². The van der Waals surface area contributed by atoms with Crippen LogP contribution >= 0.6 is 11.6 Å². The van der Waals surface area contributed by atoms with Crippen LogP contribution in [0.15, 0.2) is 24.3 Å². The molecule has 0 bridgehead atoms. The molecule has 7 heteroatoms. The van der Waals surface area contributed by atoms with Crippen molar-refractivity contribution in [3.8, 4) is 0 Å². The van der Waals surface area contributed by atoms with E-state index in [9.17, 15) is 4.79 Å². The summed E-state index contributed by atoms with van der Waals surface area (Å²) in [6.45, 7) is 6.19.